The molecular formula is C14H19N7O. The third-order valence-electron chi connectivity index (χ3n) is 4.07. The number of amides is 1. The molecule has 0 saturated heterocycles. The van der Waals surface area contributed by atoms with Crippen molar-refractivity contribution in [3.05, 3.63) is 34.5 Å². The van der Waals surface area contributed by atoms with Crippen LogP contribution in [0.3, 0.4) is 0 Å². The smallest absolute Gasteiger partial charge is 0.248 e. The molecule has 0 aliphatic carbocycles. The molecule has 3 N–H and O–H groups in total. The Hall–Kier alpha value is -2.64. The summed E-state index contributed by atoms with van der Waals surface area (Å²) in [4.78, 5) is 16.2. The van der Waals surface area contributed by atoms with E-state index in [1.807, 2.05) is 32.4 Å². The van der Waals surface area contributed by atoms with E-state index in [1.165, 1.54) is 6.33 Å². The quantitative estimate of drug-likeness (QED) is 0.876. The highest BCUT2D eigenvalue weighted by molar-refractivity contribution is 5.95. The molecule has 8 heteroatoms. The molecule has 0 unspecified atom stereocenters. The van der Waals surface area contributed by atoms with E-state index in [1.54, 1.807) is 4.68 Å². The number of hydrogen-bond acceptors (Lipinski definition) is 5. The number of nitrogens with zero attached hydrogens (tertiary/aromatic N) is 5. The molecule has 3 rings (SSSR count). The van der Waals surface area contributed by atoms with E-state index in [0.717, 1.165) is 23.5 Å². The number of aromatic nitrogens is 5. The minimum atomic E-state index is -0.473. The van der Waals surface area contributed by atoms with Crippen molar-refractivity contribution >= 4 is 11.9 Å². The first-order valence-corrected chi connectivity index (χ1v) is 7.16. The third kappa shape index (κ3) is 1.91. The molecule has 0 saturated carbocycles. The van der Waals surface area contributed by atoms with Crippen molar-refractivity contribution in [1.82, 2.24) is 24.5 Å². The van der Waals surface area contributed by atoms with Crippen molar-refractivity contribution in [2.45, 2.75) is 40.3 Å². The summed E-state index contributed by atoms with van der Waals surface area (Å²) in [5, 5.41) is 11.9. The second kappa shape index (κ2) is 4.97. The average molecular weight is 301 g/mol. The van der Waals surface area contributed by atoms with E-state index in [2.05, 4.69) is 20.5 Å². The first-order chi connectivity index (χ1) is 10.5. The molecule has 0 radical (unpaired) electrons. The van der Waals surface area contributed by atoms with Gasteiger partial charge in [-0.1, -0.05) is 0 Å². The molecule has 2 aromatic heterocycles. The first-order valence-electron chi connectivity index (χ1n) is 7.16. The van der Waals surface area contributed by atoms with Gasteiger partial charge in [0.15, 0.2) is 0 Å². The van der Waals surface area contributed by atoms with Crippen LogP contribution in [0, 0.1) is 13.8 Å². The van der Waals surface area contributed by atoms with Gasteiger partial charge in [0.05, 0.1) is 11.3 Å². The number of allylic oxidation sites excluding steroid dienone is 1. The largest absolute Gasteiger partial charge is 0.366 e. The van der Waals surface area contributed by atoms with E-state index >= 15 is 0 Å². The number of aryl methyl sites for hydroxylation is 2. The number of carbonyl (C=O) groups excluding carboxylic acids is 1. The molecule has 1 aliphatic rings. The van der Waals surface area contributed by atoms with Crippen LogP contribution >= 0.6 is 0 Å². The molecule has 1 aliphatic heterocycles. The van der Waals surface area contributed by atoms with Crippen molar-refractivity contribution in [2.24, 2.45) is 5.73 Å². The predicted molar refractivity (Wildman–Crippen MR) is 81.1 cm³/mol. The maximum atomic E-state index is 12.0. The van der Waals surface area contributed by atoms with Crippen molar-refractivity contribution in [3.63, 3.8) is 0 Å². The van der Waals surface area contributed by atoms with Gasteiger partial charge in [-0.15, -0.1) is 0 Å². The zero-order chi connectivity index (χ0) is 16.0. The van der Waals surface area contributed by atoms with Gasteiger partial charge in [0.2, 0.25) is 11.9 Å². The molecule has 0 aromatic carbocycles. The van der Waals surface area contributed by atoms with Crippen molar-refractivity contribution < 1.29 is 4.79 Å². The Morgan fingerprint density at radius 2 is 2.14 bits per heavy atom. The first kappa shape index (κ1) is 14.3. The van der Waals surface area contributed by atoms with Gasteiger partial charge in [0.1, 0.15) is 12.4 Å². The minimum Gasteiger partial charge on any atom is -0.366 e. The minimum absolute atomic E-state index is 0.406. The standard InChI is InChI=1S/C14H19N7O/c1-5-20-9(4)10(8(3)19-20)12-11(13(15)22)7(2)18-14-16-6-17-21(12)14/h6,12H,5H2,1-4H3,(H2,15,22)(H,16,17,18)/t12-/m0/s1. The molecule has 1 amide bonds. The van der Waals surface area contributed by atoms with E-state index in [0.29, 0.717) is 17.2 Å². The SMILES string of the molecule is CCn1nc(C)c([C@H]2C(C(N)=O)=C(C)Nc3ncnn32)c1C. The fourth-order valence-corrected chi connectivity index (χ4v) is 3.09. The Morgan fingerprint density at radius 1 is 1.41 bits per heavy atom. The normalized spacial score (nSPS) is 17.4. The number of hydrogen-bond donors (Lipinski definition) is 2. The van der Waals surface area contributed by atoms with Crippen LogP contribution in [0.1, 0.15) is 36.8 Å². The van der Waals surface area contributed by atoms with Crippen LogP contribution in [0.4, 0.5) is 5.95 Å². The molecule has 116 valence electrons. The highest BCUT2D eigenvalue weighted by Crippen LogP contribution is 2.37. The summed E-state index contributed by atoms with van der Waals surface area (Å²) >= 11 is 0. The molecule has 3 heterocycles. The van der Waals surface area contributed by atoms with Crippen LogP contribution < -0.4 is 11.1 Å². The summed E-state index contributed by atoms with van der Waals surface area (Å²) in [7, 11) is 0. The van der Waals surface area contributed by atoms with Crippen molar-refractivity contribution in [2.75, 3.05) is 5.32 Å². The highest BCUT2D eigenvalue weighted by atomic mass is 16.1. The zero-order valence-corrected chi connectivity index (χ0v) is 13.1. The van der Waals surface area contributed by atoms with Gasteiger partial charge in [0.25, 0.3) is 0 Å². The monoisotopic (exact) mass is 301 g/mol. The van der Waals surface area contributed by atoms with Gasteiger partial charge in [-0.05, 0) is 27.7 Å². The highest BCUT2D eigenvalue weighted by Gasteiger charge is 2.35. The van der Waals surface area contributed by atoms with Crippen LogP contribution in [0.2, 0.25) is 0 Å². The lowest BCUT2D eigenvalue weighted by atomic mass is 9.94. The fraction of sp³-hybridized carbons (Fsp3) is 0.429. The summed E-state index contributed by atoms with van der Waals surface area (Å²) in [6.45, 7) is 8.53. The van der Waals surface area contributed by atoms with Gasteiger partial charge in [-0.25, -0.2) is 4.68 Å². The van der Waals surface area contributed by atoms with E-state index in [-0.39, 0.29) is 0 Å². The van der Waals surface area contributed by atoms with Crippen LogP contribution in [0.15, 0.2) is 17.6 Å². The summed E-state index contributed by atoms with van der Waals surface area (Å²) in [6, 6.07) is -0.406. The van der Waals surface area contributed by atoms with Crippen LogP contribution in [-0.4, -0.2) is 30.5 Å². The number of carbonyl (C=O) groups is 1. The molecule has 0 spiro atoms. The summed E-state index contributed by atoms with van der Waals surface area (Å²) in [5.74, 6) is 0.120. The third-order valence-corrected chi connectivity index (χ3v) is 4.07. The Kier molecular flexibility index (Phi) is 3.23. The number of nitrogens with two attached hydrogens (primary N) is 1. The Bertz CT molecular complexity index is 783. The topological polar surface area (TPSA) is 104 Å². The molecule has 8 nitrogen and oxygen atoms in total. The number of nitrogens with one attached hydrogen (secondary N) is 1. The van der Waals surface area contributed by atoms with Crippen LogP contribution in [0.25, 0.3) is 0 Å². The van der Waals surface area contributed by atoms with E-state index < -0.39 is 11.9 Å². The molecular weight excluding hydrogens is 282 g/mol. The summed E-state index contributed by atoms with van der Waals surface area (Å²) in [6.07, 6.45) is 1.46. The van der Waals surface area contributed by atoms with Gasteiger partial charge < -0.3 is 11.1 Å². The Labute approximate surface area is 128 Å². The number of fused-ring (bicyclic) bond motifs is 1. The zero-order valence-electron chi connectivity index (χ0n) is 13.1. The Balaban J connectivity index is 2.28. The van der Waals surface area contributed by atoms with Gasteiger partial charge in [-0.2, -0.15) is 15.2 Å². The number of rotatable bonds is 3. The van der Waals surface area contributed by atoms with Crippen molar-refractivity contribution in [3.8, 4) is 0 Å². The van der Waals surface area contributed by atoms with Crippen LogP contribution in [0.5, 0.6) is 0 Å². The predicted octanol–water partition coefficient (Wildman–Crippen LogP) is 0.886. The average Bonchev–Trinajstić information content (AvgIpc) is 3.01. The number of primary amides is 1. The molecule has 0 fully saturated rings. The molecule has 1 atom stereocenters. The maximum absolute atomic E-state index is 12.0. The summed E-state index contributed by atoms with van der Waals surface area (Å²) < 4.78 is 3.60. The van der Waals surface area contributed by atoms with E-state index in [9.17, 15) is 4.79 Å². The molecule has 2 aromatic rings. The van der Waals surface area contributed by atoms with Gasteiger partial charge in [0, 0.05) is 23.5 Å². The Morgan fingerprint density at radius 3 is 2.73 bits per heavy atom. The fourth-order valence-electron chi connectivity index (χ4n) is 3.09. The lowest BCUT2D eigenvalue weighted by molar-refractivity contribution is -0.115. The van der Waals surface area contributed by atoms with Crippen LogP contribution in [-0.2, 0) is 11.3 Å². The second-order valence-electron chi connectivity index (χ2n) is 5.36. The summed E-state index contributed by atoms with van der Waals surface area (Å²) in [5.41, 5.74) is 9.61. The second-order valence-corrected chi connectivity index (χ2v) is 5.36. The lowest BCUT2D eigenvalue weighted by Gasteiger charge is -2.27. The molecule has 0 bridgehead atoms. The molecule has 22 heavy (non-hydrogen) atoms. The lowest BCUT2D eigenvalue weighted by Crippen LogP contribution is -2.32. The van der Waals surface area contributed by atoms with Gasteiger partial charge in [-0.3, -0.25) is 9.48 Å². The van der Waals surface area contributed by atoms with Crippen molar-refractivity contribution in [1.29, 1.82) is 0 Å². The number of anilines is 1. The van der Waals surface area contributed by atoms with Gasteiger partial charge >= 0.3 is 0 Å². The maximum Gasteiger partial charge on any atom is 0.248 e. The van der Waals surface area contributed by atoms with E-state index in [4.69, 9.17) is 5.73 Å².